The second-order valence-corrected chi connectivity index (χ2v) is 4.72. The first-order valence-corrected chi connectivity index (χ1v) is 6.80. The zero-order valence-corrected chi connectivity index (χ0v) is 10.4. The van der Waals surface area contributed by atoms with Gasteiger partial charge in [0, 0.05) is 12.3 Å². The Bertz CT molecular complexity index is 448. The van der Waals surface area contributed by atoms with Gasteiger partial charge < -0.3 is 10.2 Å². The SMILES string of the molecule is CSCCN1C(=O)CNC(=O)c2ccccc21. The molecule has 0 aliphatic carbocycles. The molecule has 1 aliphatic heterocycles. The molecule has 0 radical (unpaired) electrons. The van der Waals surface area contributed by atoms with E-state index in [0.29, 0.717) is 17.8 Å². The molecule has 17 heavy (non-hydrogen) atoms. The minimum Gasteiger partial charge on any atom is -0.343 e. The lowest BCUT2D eigenvalue weighted by molar-refractivity contribution is -0.117. The minimum atomic E-state index is -0.180. The summed E-state index contributed by atoms with van der Waals surface area (Å²) >= 11 is 1.68. The maximum Gasteiger partial charge on any atom is 0.253 e. The average molecular weight is 250 g/mol. The van der Waals surface area contributed by atoms with Crippen LogP contribution in [0.15, 0.2) is 24.3 Å². The molecule has 0 saturated carbocycles. The van der Waals surface area contributed by atoms with Crippen molar-refractivity contribution in [3.05, 3.63) is 29.8 Å². The summed E-state index contributed by atoms with van der Waals surface area (Å²) in [5.41, 5.74) is 1.28. The summed E-state index contributed by atoms with van der Waals surface area (Å²) in [7, 11) is 0. The fourth-order valence-corrected chi connectivity index (χ4v) is 2.17. The molecule has 4 nitrogen and oxygen atoms in total. The van der Waals surface area contributed by atoms with Gasteiger partial charge in [0.2, 0.25) is 5.91 Å². The van der Waals surface area contributed by atoms with E-state index >= 15 is 0 Å². The van der Waals surface area contributed by atoms with Crippen LogP contribution in [0.1, 0.15) is 10.4 Å². The summed E-state index contributed by atoms with van der Waals surface area (Å²) in [5, 5.41) is 2.62. The summed E-state index contributed by atoms with van der Waals surface area (Å²) in [5.74, 6) is 0.617. The normalized spacial score (nSPS) is 15.2. The Labute approximate surface area is 104 Å². The predicted octanol–water partition coefficient (Wildman–Crippen LogP) is 1.13. The van der Waals surface area contributed by atoms with Crippen LogP contribution in [0.3, 0.4) is 0 Å². The van der Waals surface area contributed by atoms with E-state index in [2.05, 4.69) is 5.32 Å². The third kappa shape index (κ3) is 2.44. The standard InChI is InChI=1S/C12H14N2O2S/c1-17-7-6-14-10-5-3-2-4-9(10)12(16)13-8-11(14)15/h2-5H,6-8H2,1H3,(H,13,16). The van der Waals surface area contributed by atoms with Crippen LogP contribution in [-0.2, 0) is 4.79 Å². The fourth-order valence-electron chi connectivity index (χ4n) is 1.81. The van der Waals surface area contributed by atoms with Gasteiger partial charge in [-0.3, -0.25) is 9.59 Å². The van der Waals surface area contributed by atoms with Gasteiger partial charge >= 0.3 is 0 Å². The summed E-state index contributed by atoms with van der Waals surface area (Å²) in [6, 6.07) is 7.21. The molecule has 2 rings (SSSR count). The molecular weight excluding hydrogens is 236 g/mol. The van der Waals surface area contributed by atoms with Gasteiger partial charge in [-0.05, 0) is 18.4 Å². The molecule has 90 valence electrons. The third-order valence-electron chi connectivity index (χ3n) is 2.66. The molecule has 0 unspecified atom stereocenters. The number of fused-ring (bicyclic) bond motifs is 1. The van der Waals surface area contributed by atoms with Gasteiger partial charge in [-0.1, -0.05) is 12.1 Å². The molecule has 0 spiro atoms. The van der Waals surface area contributed by atoms with Crippen LogP contribution in [-0.4, -0.2) is 36.9 Å². The van der Waals surface area contributed by atoms with Crippen molar-refractivity contribution in [1.82, 2.24) is 5.32 Å². The van der Waals surface area contributed by atoms with Gasteiger partial charge in [0.15, 0.2) is 0 Å². The molecule has 0 saturated heterocycles. The molecular formula is C12H14N2O2S. The van der Waals surface area contributed by atoms with E-state index in [9.17, 15) is 9.59 Å². The van der Waals surface area contributed by atoms with Crippen LogP contribution in [0, 0.1) is 0 Å². The van der Waals surface area contributed by atoms with Crippen molar-refractivity contribution < 1.29 is 9.59 Å². The van der Waals surface area contributed by atoms with Gasteiger partial charge in [-0.25, -0.2) is 0 Å². The first-order chi connectivity index (χ1) is 8.24. The molecule has 2 amide bonds. The second kappa shape index (κ2) is 5.23. The van der Waals surface area contributed by atoms with Crippen molar-refractivity contribution in [2.45, 2.75) is 0 Å². The molecule has 1 aromatic carbocycles. The number of nitrogens with one attached hydrogen (secondary N) is 1. The molecule has 0 bridgehead atoms. The number of benzene rings is 1. The number of carbonyl (C=O) groups is 2. The number of para-hydroxylation sites is 1. The Kier molecular flexibility index (Phi) is 3.68. The minimum absolute atomic E-state index is 0.0580. The van der Waals surface area contributed by atoms with Gasteiger partial charge in [0.25, 0.3) is 5.91 Å². The number of carbonyl (C=O) groups excluding carboxylic acids is 2. The van der Waals surface area contributed by atoms with E-state index in [1.165, 1.54) is 0 Å². The van der Waals surface area contributed by atoms with Crippen LogP contribution >= 0.6 is 11.8 Å². The fraction of sp³-hybridized carbons (Fsp3) is 0.333. The van der Waals surface area contributed by atoms with Crippen LogP contribution in [0.25, 0.3) is 0 Å². The zero-order chi connectivity index (χ0) is 12.3. The molecule has 1 heterocycles. The topological polar surface area (TPSA) is 49.4 Å². The Balaban J connectivity index is 2.38. The van der Waals surface area contributed by atoms with Crippen LogP contribution < -0.4 is 10.2 Å². The summed E-state index contributed by atoms with van der Waals surface area (Å²) in [6.07, 6.45) is 2.00. The first-order valence-electron chi connectivity index (χ1n) is 5.40. The molecule has 5 heteroatoms. The van der Waals surface area contributed by atoms with Crippen LogP contribution in [0.5, 0.6) is 0 Å². The van der Waals surface area contributed by atoms with E-state index in [1.807, 2.05) is 18.4 Å². The number of anilines is 1. The Hall–Kier alpha value is -1.49. The first kappa shape index (κ1) is 12.0. The van der Waals surface area contributed by atoms with Crippen molar-refractivity contribution in [1.29, 1.82) is 0 Å². The highest BCUT2D eigenvalue weighted by molar-refractivity contribution is 7.98. The third-order valence-corrected chi connectivity index (χ3v) is 3.25. The average Bonchev–Trinajstić information content (AvgIpc) is 2.47. The van der Waals surface area contributed by atoms with E-state index in [0.717, 1.165) is 5.75 Å². The summed E-state index contributed by atoms with van der Waals surface area (Å²) in [4.78, 5) is 25.4. The van der Waals surface area contributed by atoms with Crippen molar-refractivity contribution in [2.24, 2.45) is 0 Å². The lowest BCUT2D eigenvalue weighted by atomic mass is 10.1. The van der Waals surface area contributed by atoms with Gasteiger partial charge in [0.05, 0.1) is 17.8 Å². The molecule has 0 fully saturated rings. The van der Waals surface area contributed by atoms with E-state index < -0.39 is 0 Å². The highest BCUT2D eigenvalue weighted by atomic mass is 32.2. The maximum absolute atomic E-state index is 11.9. The van der Waals surface area contributed by atoms with Crippen LogP contribution in [0.2, 0.25) is 0 Å². The maximum atomic E-state index is 11.9. The molecule has 1 aromatic rings. The van der Waals surface area contributed by atoms with Crippen molar-refractivity contribution in [3.63, 3.8) is 0 Å². The second-order valence-electron chi connectivity index (χ2n) is 3.74. The molecule has 1 N–H and O–H groups in total. The van der Waals surface area contributed by atoms with E-state index in [1.54, 1.807) is 28.8 Å². The zero-order valence-electron chi connectivity index (χ0n) is 9.60. The lowest BCUT2D eigenvalue weighted by Crippen LogP contribution is -2.37. The van der Waals surface area contributed by atoms with Gasteiger partial charge in [-0.15, -0.1) is 0 Å². The number of thioether (sulfide) groups is 1. The Morgan fingerprint density at radius 1 is 1.35 bits per heavy atom. The monoisotopic (exact) mass is 250 g/mol. The predicted molar refractivity (Wildman–Crippen MR) is 69.5 cm³/mol. The number of amides is 2. The van der Waals surface area contributed by atoms with Gasteiger partial charge in [-0.2, -0.15) is 11.8 Å². The number of rotatable bonds is 3. The molecule has 0 aromatic heterocycles. The van der Waals surface area contributed by atoms with E-state index in [4.69, 9.17) is 0 Å². The summed E-state index contributed by atoms with van der Waals surface area (Å²) in [6.45, 7) is 0.702. The molecule has 0 atom stereocenters. The summed E-state index contributed by atoms with van der Waals surface area (Å²) < 4.78 is 0. The number of nitrogens with zero attached hydrogens (tertiary/aromatic N) is 1. The largest absolute Gasteiger partial charge is 0.343 e. The van der Waals surface area contributed by atoms with Crippen LogP contribution in [0.4, 0.5) is 5.69 Å². The highest BCUT2D eigenvalue weighted by Crippen LogP contribution is 2.22. The van der Waals surface area contributed by atoms with Crippen molar-refractivity contribution >= 4 is 29.3 Å². The van der Waals surface area contributed by atoms with E-state index in [-0.39, 0.29) is 18.4 Å². The highest BCUT2D eigenvalue weighted by Gasteiger charge is 2.25. The van der Waals surface area contributed by atoms with Crippen molar-refractivity contribution in [3.8, 4) is 0 Å². The Morgan fingerprint density at radius 2 is 2.12 bits per heavy atom. The smallest absolute Gasteiger partial charge is 0.253 e. The van der Waals surface area contributed by atoms with Gasteiger partial charge in [0.1, 0.15) is 0 Å². The quantitative estimate of drug-likeness (QED) is 0.874. The number of hydrogen-bond acceptors (Lipinski definition) is 3. The van der Waals surface area contributed by atoms with Crippen molar-refractivity contribution in [2.75, 3.05) is 30.0 Å². The Morgan fingerprint density at radius 3 is 2.88 bits per heavy atom. The molecule has 1 aliphatic rings. The number of hydrogen-bond donors (Lipinski definition) is 1. The lowest BCUT2D eigenvalue weighted by Gasteiger charge is -2.21.